The van der Waals surface area contributed by atoms with E-state index in [2.05, 4.69) is 0 Å². The van der Waals surface area contributed by atoms with Crippen LogP contribution < -0.4 is 0 Å². The molecule has 4 rings (SSSR count). The van der Waals surface area contributed by atoms with Gasteiger partial charge in [-0.1, -0.05) is 109 Å². The van der Waals surface area contributed by atoms with Crippen molar-refractivity contribution in [1.29, 1.82) is 0 Å². The number of halogens is 2. The quantitative estimate of drug-likeness (QED) is 0.381. The van der Waals surface area contributed by atoms with E-state index in [4.69, 9.17) is 0 Å². The molecule has 0 saturated heterocycles. The van der Waals surface area contributed by atoms with Crippen LogP contribution in [-0.4, -0.2) is 16.1 Å². The third kappa shape index (κ3) is 4.41. The third-order valence-electron chi connectivity index (χ3n) is 5.40. The van der Waals surface area contributed by atoms with Gasteiger partial charge in [-0.05, 0) is 33.4 Å². The molecule has 2 atom stereocenters. The van der Waals surface area contributed by atoms with E-state index in [1.165, 1.54) is 24.3 Å². The van der Waals surface area contributed by atoms with Crippen LogP contribution >= 0.6 is 0 Å². The molecule has 4 aromatic rings. The Kier molecular flexibility index (Phi) is 5.94. The molecule has 0 aliphatic heterocycles. The van der Waals surface area contributed by atoms with Gasteiger partial charge in [0.25, 0.3) is 0 Å². The Bertz CT molecular complexity index is 1020. The van der Waals surface area contributed by atoms with Gasteiger partial charge in [-0.3, -0.25) is 0 Å². The standard InChI is InChI=1S/C27H22F2O2/c28-27(29,25(30)23-15-11-21(12-16-23)19-7-3-1-4-8-19)26(31)24-17-13-22(14-18-24)20-9-5-2-6-10-20/h1-18,25-26,30-31H. The maximum Gasteiger partial charge on any atom is 0.306 e. The molecule has 2 unspecified atom stereocenters. The Balaban J connectivity index is 1.53. The summed E-state index contributed by atoms with van der Waals surface area (Å²) in [5.74, 6) is -3.76. The molecule has 2 nitrogen and oxygen atoms in total. The number of aliphatic hydroxyl groups is 2. The summed E-state index contributed by atoms with van der Waals surface area (Å²) in [4.78, 5) is 0. The van der Waals surface area contributed by atoms with Crippen LogP contribution in [0.1, 0.15) is 23.3 Å². The Labute approximate surface area is 180 Å². The van der Waals surface area contributed by atoms with Gasteiger partial charge in [-0.2, -0.15) is 0 Å². The molecule has 4 aromatic carbocycles. The number of aliphatic hydroxyl groups excluding tert-OH is 2. The van der Waals surface area contributed by atoms with Crippen molar-refractivity contribution >= 4 is 0 Å². The summed E-state index contributed by atoms with van der Waals surface area (Å²) < 4.78 is 29.9. The number of benzene rings is 4. The highest BCUT2D eigenvalue weighted by molar-refractivity contribution is 5.64. The largest absolute Gasteiger partial charge is 0.382 e. The van der Waals surface area contributed by atoms with E-state index in [0.717, 1.165) is 22.3 Å². The summed E-state index contributed by atoms with van der Waals surface area (Å²) in [6, 6.07) is 31.7. The smallest absolute Gasteiger partial charge is 0.306 e. The van der Waals surface area contributed by atoms with Crippen molar-refractivity contribution in [2.75, 3.05) is 0 Å². The Morgan fingerprint density at radius 1 is 0.452 bits per heavy atom. The summed E-state index contributed by atoms with van der Waals surface area (Å²) in [7, 11) is 0. The number of alkyl halides is 2. The molecule has 0 bridgehead atoms. The van der Waals surface area contributed by atoms with Gasteiger partial charge in [-0.25, -0.2) is 8.78 Å². The first-order valence-electron chi connectivity index (χ1n) is 10.0. The first-order valence-corrected chi connectivity index (χ1v) is 10.0. The molecular weight excluding hydrogens is 394 g/mol. The fraction of sp³-hybridized carbons (Fsp3) is 0.111. The maximum atomic E-state index is 14.9. The van der Waals surface area contributed by atoms with Crippen LogP contribution in [0.25, 0.3) is 22.3 Å². The second-order valence-electron chi connectivity index (χ2n) is 7.46. The van der Waals surface area contributed by atoms with Crippen molar-refractivity contribution < 1.29 is 19.0 Å². The SMILES string of the molecule is OC(c1ccc(-c2ccccc2)cc1)C(F)(F)C(O)c1ccc(-c2ccccc2)cc1. The van der Waals surface area contributed by atoms with Crippen LogP contribution in [0.5, 0.6) is 0 Å². The molecule has 4 heteroatoms. The zero-order valence-electron chi connectivity index (χ0n) is 16.7. The minimum absolute atomic E-state index is 0.0460. The second-order valence-corrected chi connectivity index (χ2v) is 7.46. The number of rotatable bonds is 6. The zero-order valence-corrected chi connectivity index (χ0v) is 16.7. The molecule has 0 aromatic heterocycles. The average Bonchev–Trinajstić information content (AvgIpc) is 2.84. The molecule has 0 fully saturated rings. The Morgan fingerprint density at radius 3 is 1.06 bits per heavy atom. The van der Waals surface area contributed by atoms with Crippen LogP contribution in [0.4, 0.5) is 8.78 Å². The van der Waals surface area contributed by atoms with E-state index >= 15 is 0 Å². The molecule has 0 spiro atoms. The van der Waals surface area contributed by atoms with Gasteiger partial charge in [0.1, 0.15) is 12.2 Å². The fourth-order valence-corrected chi connectivity index (χ4v) is 3.57. The van der Waals surface area contributed by atoms with Crippen LogP contribution in [0, 0.1) is 0 Å². The maximum absolute atomic E-state index is 14.9. The van der Waals surface area contributed by atoms with Gasteiger partial charge in [0.15, 0.2) is 0 Å². The van der Waals surface area contributed by atoms with E-state index in [0.29, 0.717) is 0 Å². The van der Waals surface area contributed by atoms with Crippen LogP contribution in [0.2, 0.25) is 0 Å². The minimum Gasteiger partial charge on any atom is -0.382 e. The van der Waals surface area contributed by atoms with Crippen LogP contribution in [-0.2, 0) is 0 Å². The van der Waals surface area contributed by atoms with Crippen LogP contribution in [0.15, 0.2) is 109 Å². The van der Waals surface area contributed by atoms with Gasteiger partial charge in [0.2, 0.25) is 0 Å². The van der Waals surface area contributed by atoms with Crippen molar-refractivity contribution in [1.82, 2.24) is 0 Å². The van der Waals surface area contributed by atoms with E-state index in [1.54, 1.807) is 24.3 Å². The lowest BCUT2D eigenvalue weighted by molar-refractivity contribution is -0.181. The lowest BCUT2D eigenvalue weighted by Crippen LogP contribution is -2.33. The molecule has 0 amide bonds. The van der Waals surface area contributed by atoms with E-state index < -0.39 is 18.1 Å². The van der Waals surface area contributed by atoms with E-state index in [1.807, 2.05) is 60.7 Å². The minimum atomic E-state index is -3.76. The summed E-state index contributed by atoms with van der Waals surface area (Å²) in [5, 5.41) is 20.7. The van der Waals surface area contributed by atoms with Crippen molar-refractivity contribution in [3.05, 3.63) is 120 Å². The normalized spacial score (nSPS) is 13.5. The predicted molar refractivity (Wildman–Crippen MR) is 119 cm³/mol. The van der Waals surface area contributed by atoms with Crippen molar-refractivity contribution in [2.45, 2.75) is 18.1 Å². The van der Waals surface area contributed by atoms with Gasteiger partial charge >= 0.3 is 5.92 Å². The summed E-state index contributed by atoms with van der Waals surface area (Å²) >= 11 is 0. The molecule has 156 valence electrons. The lowest BCUT2D eigenvalue weighted by Gasteiger charge is -2.28. The van der Waals surface area contributed by atoms with Crippen LogP contribution in [0.3, 0.4) is 0 Å². The van der Waals surface area contributed by atoms with Gasteiger partial charge < -0.3 is 10.2 Å². The van der Waals surface area contributed by atoms with E-state index in [-0.39, 0.29) is 11.1 Å². The summed E-state index contributed by atoms with van der Waals surface area (Å²) in [5.41, 5.74) is 3.71. The monoisotopic (exact) mass is 416 g/mol. The van der Waals surface area contributed by atoms with Crippen molar-refractivity contribution in [3.8, 4) is 22.3 Å². The fourth-order valence-electron chi connectivity index (χ4n) is 3.57. The second kappa shape index (κ2) is 8.80. The highest BCUT2D eigenvalue weighted by Crippen LogP contribution is 2.42. The lowest BCUT2D eigenvalue weighted by atomic mass is 9.92. The molecular formula is C27H22F2O2. The molecule has 2 N–H and O–H groups in total. The zero-order chi connectivity index (χ0) is 21.8. The molecule has 0 heterocycles. The Morgan fingerprint density at radius 2 is 0.742 bits per heavy atom. The van der Waals surface area contributed by atoms with Gasteiger partial charge in [0.05, 0.1) is 0 Å². The molecule has 31 heavy (non-hydrogen) atoms. The highest BCUT2D eigenvalue weighted by atomic mass is 19.3. The molecule has 0 radical (unpaired) electrons. The Hall–Kier alpha value is -3.34. The first-order chi connectivity index (χ1) is 15.0. The van der Waals surface area contributed by atoms with E-state index in [9.17, 15) is 19.0 Å². The topological polar surface area (TPSA) is 40.5 Å². The molecule has 0 aliphatic rings. The summed E-state index contributed by atoms with van der Waals surface area (Å²) in [6.45, 7) is 0. The average molecular weight is 416 g/mol. The van der Waals surface area contributed by atoms with Crippen molar-refractivity contribution in [3.63, 3.8) is 0 Å². The summed E-state index contributed by atoms with van der Waals surface area (Å²) in [6.07, 6.45) is -4.28. The molecule has 0 aliphatic carbocycles. The third-order valence-corrected chi connectivity index (χ3v) is 5.40. The predicted octanol–water partition coefficient (Wildman–Crippen LogP) is 6.42. The molecule has 0 saturated carbocycles. The van der Waals surface area contributed by atoms with Gasteiger partial charge in [-0.15, -0.1) is 0 Å². The number of hydrogen-bond acceptors (Lipinski definition) is 2. The highest BCUT2D eigenvalue weighted by Gasteiger charge is 2.47. The number of hydrogen-bond donors (Lipinski definition) is 2. The van der Waals surface area contributed by atoms with Crippen molar-refractivity contribution in [2.24, 2.45) is 0 Å². The van der Waals surface area contributed by atoms with Gasteiger partial charge in [0, 0.05) is 0 Å². The first kappa shape index (κ1) is 20.9.